The Balaban J connectivity index is 2.19. The van der Waals surface area contributed by atoms with Crippen molar-refractivity contribution in [3.8, 4) is 0 Å². The van der Waals surface area contributed by atoms with Gasteiger partial charge in [-0.15, -0.1) is 0 Å². The standard InChI is InChI=1S/C10H17N3/c1-13-7-6-12-10(13)8-4-2-3-5-9(8)11/h6-9H,2-5,11H2,1H3. The lowest BCUT2D eigenvalue weighted by Crippen LogP contribution is -2.32. The Morgan fingerprint density at radius 2 is 2.23 bits per heavy atom. The van der Waals surface area contributed by atoms with Crippen molar-refractivity contribution in [3.63, 3.8) is 0 Å². The summed E-state index contributed by atoms with van der Waals surface area (Å²) in [6, 6.07) is 0.315. The number of hydrogen-bond donors (Lipinski definition) is 1. The van der Waals surface area contributed by atoms with E-state index in [-0.39, 0.29) is 0 Å². The molecule has 2 N–H and O–H groups in total. The zero-order valence-corrected chi connectivity index (χ0v) is 8.11. The van der Waals surface area contributed by atoms with E-state index in [0.717, 1.165) is 12.2 Å². The Bertz CT molecular complexity index is 279. The molecule has 3 nitrogen and oxygen atoms in total. The van der Waals surface area contributed by atoms with E-state index >= 15 is 0 Å². The predicted molar refractivity (Wildman–Crippen MR) is 52.4 cm³/mol. The van der Waals surface area contributed by atoms with Gasteiger partial charge in [0.1, 0.15) is 5.82 Å². The monoisotopic (exact) mass is 179 g/mol. The highest BCUT2D eigenvalue weighted by molar-refractivity contribution is 5.05. The minimum Gasteiger partial charge on any atom is -0.338 e. The Hall–Kier alpha value is -0.830. The van der Waals surface area contributed by atoms with E-state index in [0.29, 0.717) is 12.0 Å². The van der Waals surface area contributed by atoms with Crippen molar-refractivity contribution in [3.05, 3.63) is 18.2 Å². The fourth-order valence-corrected chi connectivity index (χ4v) is 2.21. The van der Waals surface area contributed by atoms with Gasteiger partial charge in [-0.1, -0.05) is 12.8 Å². The molecule has 0 spiro atoms. The molecule has 13 heavy (non-hydrogen) atoms. The van der Waals surface area contributed by atoms with Gasteiger partial charge in [0.05, 0.1) is 0 Å². The number of rotatable bonds is 1. The fraction of sp³-hybridized carbons (Fsp3) is 0.700. The van der Waals surface area contributed by atoms with Crippen LogP contribution >= 0.6 is 0 Å². The van der Waals surface area contributed by atoms with Crippen LogP contribution in [0.3, 0.4) is 0 Å². The summed E-state index contributed by atoms with van der Waals surface area (Å²) in [6.07, 6.45) is 8.78. The van der Waals surface area contributed by atoms with Gasteiger partial charge in [0.25, 0.3) is 0 Å². The van der Waals surface area contributed by atoms with E-state index in [4.69, 9.17) is 5.73 Å². The van der Waals surface area contributed by atoms with Gasteiger partial charge in [-0.2, -0.15) is 0 Å². The second kappa shape index (κ2) is 3.50. The normalized spacial score (nSPS) is 29.1. The number of aryl methyl sites for hydroxylation is 1. The molecule has 0 amide bonds. The van der Waals surface area contributed by atoms with E-state index < -0.39 is 0 Å². The van der Waals surface area contributed by atoms with Gasteiger partial charge in [0.15, 0.2) is 0 Å². The molecule has 1 aliphatic carbocycles. The molecule has 72 valence electrons. The molecule has 1 aromatic heterocycles. The van der Waals surface area contributed by atoms with Crippen molar-refractivity contribution >= 4 is 0 Å². The van der Waals surface area contributed by atoms with Crippen LogP contribution in [0, 0.1) is 0 Å². The number of hydrogen-bond acceptors (Lipinski definition) is 2. The summed E-state index contributed by atoms with van der Waals surface area (Å²) in [5.41, 5.74) is 6.09. The third-order valence-electron chi connectivity index (χ3n) is 3.01. The van der Waals surface area contributed by atoms with E-state index in [1.54, 1.807) is 0 Å². The maximum Gasteiger partial charge on any atom is 0.113 e. The van der Waals surface area contributed by atoms with Gasteiger partial charge in [-0.05, 0) is 12.8 Å². The van der Waals surface area contributed by atoms with Crippen molar-refractivity contribution in [1.82, 2.24) is 9.55 Å². The molecule has 0 radical (unpaired) electrons. The van der Waals surface area contributed by atoms with Crippen LogP contribution in [0.1, 0.15) is 37.4 Å². The molecule has 3 heteroatoms. The lowest BCUT2D eigenvalue weighted by atomic mass is 9.84. The molecule has 1 fully saturated rings. The lowest BCUT2D eigenvalue weighted by Gasteiger charge is -2.27. The summed E-state index contributed by atoms with van der Waals surface area (Å²) in [4.78, 5) is 4.37. The summed E-state index contributed by atoms with van der Waals surface area (Å²) < 4.78 is 2.09. The molecule has 2 unspecified atom stereocenters. The first-order valence-corrected chi connectivity index (χ1v) is 5.02. The molecule has 1 aromatic rings. The molecule has 0 saturated heterocycles. The van der Waals surface area contributed by atoms with E-state index in [9.17, 15) is 0 Å². The molecular weight excluding hydrogens is 162 g/mol. The average Bonchev–Trinajstić information content (AvgIpc) is 2.52. The van der Waals surface area contributed by atoms with Gasteiger partial charge in [0.2, 0.25) is 0 Å². The molecule has 0 aliphatic heterocycles. The van der Waals surface area contributed by atoms with Crippen LogP contribution in [-0.4, -0.2) is 15.6 Å². The third-order valence-corrected chi connectivity index (χ3v) is 3.01. The molecule has 1 heterocycles. The van der Waals surface area contributed by atoms with Crippen LogP contribution < -0.4 is 5.73 Å². The van der Waals surface area contributed by atoms with Gasteiger partial charge >= 0.3 is 0 Å². The topological polar surface area (TPSA) is 43.8 Å². The van der Waals surface area contributed by atoms with Crippen LogP contribution in [0.15, 0.2) is 12.4 Å². The van der Waals surface area contributed by atoms with E-state index in [2.05, 4.69) is 9.55 Å². The van der Waals surface area contributed by atoms with Gasteiger partial charge in [-0.3, -0.25) is 0 Å². The summed E-state index contributed by atoms with van der Waals surface area (Å²) in [5, 5.41) is 0. The lowest BCUT2D eigenvalue weighted by molar-refractivity contribution is 0.367. The van der Waals surface area contributed by atoms with Crippen molar-refractivity contribution in [2.75, 3.05) is 0 Å². The largest absolute Gasteiger partial charge is 0.338 e. The first-order chi connectivity index (χ1) is 6.29. The van der Waals surface area contributed by atoms with Gasteiger partial charge in [0, 0.05) is 31.4 Å². The maximum absolute atomic E-state index is 6.09. The molecule has 0 bridgehead atoms. The summed E-state index contributed by atoms with van der Waals surface area (Å²) >= 11 is 0. The zero-order chi connectivity index (χ0) is 9.26. The quantitative estimate of drug-likeness (QED) is 0.708. The molecule has 2 atom stereocenters. The van der Waals surface area contributed by atoms with Crippen LogP contribution in [-0.2, 0) is 7.05 Å². The number of nitrogens with zero attached hydrogens (tertiary/aromatic N) is 2. The van der Waals surface area contributed by atoms with Crippen molar-refractivity contribution in [1.29, 1.82) is 0 Å². The summed E-state index contributed by atoms with van der Waals surface area (Å²) in [5.74, 6) is 1.64. The first kappa shape index (κ1) is 8.75. The summed E-state index contributed by atoms with van der Waals surface area (Å²) in [7, 11) is 2.05. The Morgan fingerprint density at radius 1 is 1.46 bits per heavy atom. The minimum absolute atomic E-state index is 0.315. The smallest absolute Gasteiger partial charge is 0.113 e. The number of nitrogens with two attached hydrogens (primary N) is 1. The Kier molecular flexibility index (Phi) is 2.36. The zero-order valence-electron chi connectivity index (χ0n) is 8.11. The highest BCUT2D eigenvalue weighted by atomic mass is 15.0. The van der Waals surface area contributed by atoms with Crippen molar-refractivity contribution < 1.29 is 0 Å². The van der Waals surface area contributed by atoms with Gasteiger partial charge in [-0.25, -0.2) is 4.98 Å². The first-order valence-electron chi connectivity index (χ1n) is 5.02. The third kappa shape index (κ3) is 1.61. The molecule has 0 aromatic carbocycles. The fourth-order valence-electron chi connectivity index (χ4n) is 2.21. The molecular formula is C10H17N3. The highest BCUT2D eigenvalue weighted by Gasteiger charge is 2.25. The molecule has 2 rings (SSSR count). The van der Waals surface area contributed by atoms with Crippen molar-refractivity contribution in [2.45, 2.75) is 37.6 Å². The SMILES string of the molecule is Cn1ccnc1C1CCCCC1N. The number of aromatic nitrogens is 2. The van der Waals surface area contributed by atoms with Crippen LogP contribution in [0.4, 0.5) is 0 Å². The highest BCUT2D eigenvalue weighted by Crippen LogP contribution is 2.30. The van der Waals surface area contributed by atoms with Crippen molar-refractivity contribution in [2.24, 2.45) is 12.8 Å². The molecule has 1 saturated carbocycles. The average molecular weight is 179 g/mol. The Labute approximate surface area is 79.0 Å². The maximum atomic E-state index is 6.09. The second-order valence-corrected chi connectivity index (χ2v) is 3.95. The molecule has 1 aliphatic rings. The predicted octanol–water partition coefficient (Wildman–Crippen LogP) is 1.41. The second-order valence-electron chi connectivity index (χ2n) is 3.95. The number of imidazole rings is 1. The van der Waals surface area contributed by atoms with E-state index in [1.807, 2.05) is 19.4 Å². The van der Waals surface area contributed by atoms with E-state index in [1.165, 1.54) is 19.3 Å². The minimum atomic E-state index is 0.315. The van der Waals surface area contributed by atoms with Crippen LogP contribution in [0.25, 0.3) is 0 Å². The van der Waals surface area contributed by atoms with Crippen LogP contribution in [0.2, 0.25) is 0 Å². The Morgan fingerprint density at radius 3 is 2.85 bits per heavy atom. The summed E-state index contributed by atoms with van der Waals surface area (Å²) in [6.45, 7) is 0. The van der Waals surface area contributed by atoms with Gasteiger partial charge < -0.3 is 10.3 Å². The van der Waals surface area contributed by atoms with Crippen LogP contribution in [0.5, 0.6) is 0 Å².